The molecule has 0 radical (unpaired) electrons. The summed E-state index contributed by atoms with van der Waals surface area (Å²) in [6.45, 7) is 1.66. The summed E-state index contributed by atoms with van der Waals surface area (Å²) in [5.41, 5.74) is 0.613. The fourth-order valence-corrected chi connectivity index (χ4v) is 3.39. The third-order valence-corrected chi connectivity index (χ3v) is 4.86. The standard InChI is InChI=1S/C21H14ClFN2O4/c1-11-10-16(24-29-11)25-18(12-2-6-14(22)7-3-12)17(20(27)21(25)28)19(26)13-4-8-15(23)9-5-13/h2-10,18,26H,1H3/b19-17+/t18-/m0/s1. The fourth-order valence-electron chi connectivity index (χ4n) is 3.26. The average Bonchev–Trinajstić information content (AvgIpc) is 3.24. The SMILES string of the molecule is Cc1cc(N2C(=O)C(=O)/C(=C(/O)c3ccc(F)cc3)[C@@H]2c2ccc(Cl)cc2)no1. The Morgan fingerprint density at radius 1 is 1.14 bits per heavy atom. The maximum Gasteiger partial charge on any atom is 0.301 e. The molecule has 1 N–H and O–H groups in total. The zero-order valence-electron chi connectivity index (χ0n) is 15.1. The van der Waals surface area contributed by atoms with E-state index in [0.717, 1.165) is 17.0 Å². The highest BCUT2D eigenvalue weighted by molar-refractivity contribution is 6.51. The number of aliphatic hydroxyl groups excluding tert-OH is 1. The minimum absolute atomic E-state index is 0.135. The molecule has 0 unspecified atom stereocenters. The van der Waals surface area contributed by atoms with Crippen molar-refractivity contribution in [1.82, 2.24) is 5.16 Å². The molecule has 1 saturated heterocycles. The number of aromatic nitrogens is 1. The van der Waals surface area contributed by atoms with Crippen LogP contribution in [-0.4, -0.2) is 22.0 Å². The number of Topliss-reactive ketones (excluding diaryl/α,β-unsaturated/α-hetero) is 1. The third-order valence-electron chi connectivity index (χ3n) is 4.61. The summed E-state index contributed by atoms with van der Waals surface area (Å²) in [4.78, 5) is 26.9. The van der Waals surface area contributed by atoms with Gasteiger partial charge >= 0.3 is 5.91 Å². The Bertz CT molecular complexity index is 1140. The van der Waals surface area contributed by atoms with Crippen molar-refractivity contribution in [2.45, 2.75) is 13.0 Å². The van der Waals surface area contributed by atoms with Crippen LogP contribution in [0.1, 0.15) is 22.9 Å². The lowest BCUT2D eigenvalue weighted by Crippen LogP contribution is -2.29. The molecule has 6 nitrogen and oxygen atoms in total. The van der Waals surface area contributed by atoms with Crippen molar-refractivity contribution in [1.29, 1.82) is 0 Å². The molecule has 1 fully saturated rings. The number of carbonyl (C=O) groups excluding carboxylic acids is 2. The smallest absolute Gasteiger partial charge is 0.301 e. The summed E-state index contributed by atoms with van der Waals surface area (Å²) in [7, 11) is 0. The lowest BCUT2D eigenvalue weighted by Gasteiger charge is -2.22. The van der Waals surface area contributed by atoms with E-state index in [2.05, 4.69) is 5.16 Å². The third kappa shape index (κ3) is 3.30. The maximum absolute atomic E-state index is 13.3. The van der Waals surface area contributed by atoms with Gasteiger partial charge in [-0.15, -0.1) is 0 Å². The van der Waals surface area contributed by atoms with Gasteiger partial charge in [-0.25, -0.2) is 4.39 Å². The van der Waals surface area contributed by atoms with Crippen molar-refractivity contribution < 1.29 is 23.6 Å². The molecule has 0 saturated carbocycles. The normalized spacial score (nSPS) is 18.4. The molecule has 1 aromatic heterocycles. The Kier molecular flexibility index (Phi) is 4.68. The summed E-state index contributed by atoms with van der Waals surface area (Å²) in [6.07, 6.45) is 0. The average molecular weight is 413 g/mol. The monoisotopic (exact) mass is 412 g/mol. The number of hydrogen-bond donors (Lipinski definition) is 1. The number of halogens is 2. The number of ketones is 1. The first-order chi connectivity index (χ1) is 13.9. The van der Waals surface area contributed by atoms with Crippen molar-refractivity contribution >= 4 is 34.9 Å². The summed E-state index contributed by atoms with van der Waals surface area (Å²) in [5.74, 6) is -2.05. The fraction of sp³-hybridized carbons (Fsp3) is 0.0952. The van der Waals surface area contributed by atoms with Crippen molar-refractivity contribution in [3.05, 3.63) is 87.9 Å². The van der Waals surface area contributed by atoms with Crippen LogP contribution in [0.25, 0.3) is 5.76 Å². The molecule has 146 valence electrons. The zero-order chi connectivity index (χ0) is 20.7. The topological polar surface area (TPSA) is 83.6 Å². The minimum atomic E-state index is -0.957. The number of aryl methyl sites for hydroxylation is 1. The number of carbonyl (C=O) groups is 2. The minimum Gasteiger partial charge on any atom is -0.507 e. The predicted molar refractivity (Wildman–Crippen MR) is 104 cm³/mol. The molecule has 1 atom stereocenters. The van der Waals surface area contributed by atoms with E-state index in [0.29, 0.717) is 16.3 Å². The van der Waals surface area contributed by atoms with Gasteiger partial charge in [-0.3, -0.25) is 14.5 Å². The molecule has 1 aliphatic rings. The van der Waals surface area contributed by atoms with Crippen LogP contribution in [0.5, 0.6) is 0 Å². The molecule has 29 heavy (non-hydrogen) atoms. The van der Waals surface area contributed by atoms with E-state index in [9.17, 15) is 19.1 Å². The largest absolute Gasteiger partial charge is 0.507 e. The van der Waals surface area contributed by atoms with Gasteiger partial charge in [0.05, 0.1) is 11.6 Å². The van der Waals surface area contributed by atoms with Gasteiger partial charge in [-0.2, -0.15) is 0 Å². The first-order valence-corrected chi connectivity index (χ1v) is 9.00. The molecule has 2 aromatic carbocycles. The van der Waals surface area contributed by atoms with Crippen LogP contribution in [-0.2, 0) is 9.59 Å². The molecule has 1 aliphatic heterocycles. The van der Waals surface area contributed by atoms with Crippen LogP contribution in [0.3, 0.4) is 0 Å². The summed E-state index contributed by atoms with van der Waals surface area (Å²) in [5, 5.41) is 15.2. The Morgan fingerprint density at radius 3 is 2.38 bits per heavy atom. The van der Waals surface area contributed by atoms with Gasteiger partial charge in [0.1, 0.15) is 17.3 Å². The van der Waals surface area contributed by atoms with Gasteiger partial charge < -0.3 is 9.63 Å². The number of benzene rings is 2. The second-order valence-corrected chi connectivity index (χ2v) is 6.96. The van der Waals surface area contributed by atoms with Gasteiger partial charge in [-0.1, -0.05) is 28.9 Å². The van der Waals surface area contributed by atoms with Crippen LogP contribution in [0, 0.1) is 12.7 Å². The molecule has 3 aromatic rings. The van der Waals surface area contributed by atoms with Gasteiger partial charge in [0, 0.05) is 16.7 Å². The van der Waals surface area contributed by atoms with Crippen LogP contribution < -0.4 is 4.90 Å². The first kappa shape index (κ1) is 18.9. The van der Waals surface area contributed by atoms with Gasteiger partial charge in [0.15, 0.2) is 5.82 Å². The highest BCUT2D eigenvalue weighted by atomic mass is 35.5. The van der Waals surface area contributed by atoms with Crippen LogP contribution in [0.15, 0.2) is 64.7 Å². The molecular weight excluding hydrogens is 399 g/mol. The highest BCUT2D eigenvalue weighted by Crippen LogP contribution is 2.42. The molecule has 0 bridgehead atoms. The van der Waals surface area contributed by atoms with E-state index in [-0.39, 0.29) is 17.0 Å². The molecule has 4 rings (SSSR count). The molecule has 1 amide bonds. The van der Waals surface area contributed by atoms with Crippen LogP contribution >= 0.6 is 11.6 Å². The summed E-state index contributed by atoms with van der Waals surface area (Å²) < 4.78 is 18.3. The van der Waals surface area contributed by atoms with Crippen molar-refractivity contribution in [2.75, 3.05) is 4.90 Å². The van der Waals surface area contributed by atoms with E-state index in [1.165, 1.54) is 18.2 Å². The van der Waals surface area contributed by atoms with Crippen molar-refractivity contribution in [3.63, 3.8) is 0 Å². The summed E-state index contributed by atoms with van der Waals surface area (Å²) in [6, 6.07) is 12.1. The van der Waals surface area contributed by atoms with Crippen LogP contribution in [0.4, 0.5) is 10.2 Å². The number of anilines is 1. The first-order valence-electron chi connectivity index (χ1n) is 8.62. The van der Waals surface area contributed by atoms with Crippen LogP contribution in [0.2, 0.25) is 5.02 Å². The zero-order valence-corrected chi connectivity index (χ0v) is 15.9. The maximum atomic E-state index is 13.3. The molecular formula is C21H14ClFN2O4. The molecule has 8 heteroatoms. The molecule has 0 aliphatic carbocycles. The van der Waals surface area contributed by atoms with E-state index in [1.807, 2.05) is 0 Å². The number of nitrogens with zero attached hydrogens (tertiary/aromatic N) is 2. The van der Waals surface area contributed by atoms with E-state index >= 15 is 0 Å². The van der Waals surface area contributed by atoms with Gasteiger partial charge in [-0.05, 0) is 48.9 Å². The number of aliphatic hydroxyl groups is 1. The highest BCUT2D eigenvalue weighted by Gasteiger charge is 2.48. The van der Waals surface area contributed by atoms with Crippen molar-refractivity contribution in [3.8, 4) is 0 Å². The summed E-state index contributed by atoms with van der Waals surface area (Å²) >= 11 is 5.97. The second-order valence-electron chi connectivity index (χ2n) is 6.52. The van der Waals surface area contributed by atoms with E-state index in [4.69, 9.17) is 16.1 Å². The number of amides is 1. The number of rotatable bonds is 3. The number of hydrogen-bond acceptors (Lipinski definition) is 5. The Hall–Kier alpha value is -3.45. The van der Waals surface area contributed by atoms with E-state index < -0.39 is 29.3 Å². The lowest BCUT2D eigenvalue weighted by molar-refractivity contribution is -0.132. The molecule has 0 spiro atoms. The Balaban J connectivity index is 1.93. The van der Waals surface area contributed by atoms with Crippen molar-refractivity contribution in [2.24, 2.45) is 0 Å². The lowest BCUT2D eigenvalue weighted by atomic mass is 9.95. The van der Waals surface area contributed by atoms with Gasteiger partial charge in [0.25, 0.3) is 5.78 Å². The van der Waals surface area contributed by atoms with E-state index in [1.54, 1.807) is 31.2 Å². The second kappa shape index (κ2) is 7.18. The molecule has 2 heterocycles. The quantitative estimate of drug-likeness (QED) is 0.391. The predicted octanol–water partition coefficient (Wildman–Crippen LogP) is 4.40. The Labute approximate surface area is 169 Å². The Morgan fingerprint density at radius 2 is 1.79 bits per heavy atom. The van der Waals surface area contributed by atoms with Gasteiger partial charge in [0.2, 0.25) is 0 Å².